The van der Waals surface area contributed by atoms with E-state index in [9.17, 15) is 28.8 Å². The molecule has 49 heavy (non-hydrogen) atoms. The van der Waals surface area contributed by atoms with Crippen molar-refractivity contribution in [3.63, 3.8) is 0 Å². The number of unbranched alkanes of at least 4 members (excludes halogenated alkanes) is 13. The zero-order valence-corrected chi connectivity index (χ0v) is 30.0. The Morgan fingerprint density at radius 2 is 0.898 bits per heavy atom. The van der Waals surface area contributed by atoms with Crippen molar-refractivity contribution in [1.29, 1.82) is 0 Å². The van der Waals surface area contributed by atoms with E-state index in [1.807, 2.05) is 0 Å². The zero-order valence-electron chi connectivity index (χ0n) is 30.0. The Labute approximate surface area is 293 Å². The number of hydrogen-bond donors (Lipinski definition) is 5. The van der Waals surface area contributed by atoms with Gasteiger partial charge in [0.1, 0.15) is 11.8 Å². The minimum atomic E-state index is -1.22. The van der Waals surface area contributed by atoms with Gasteiger partial charge in [0.15, 0.2) is 0 Å². The summed E-state index contributed by atoms with van der Waals surface area (Å²) in [5, 5.41) is 25.7. The van der Waals surface area contributed by atoms with Crippen molar-refractivity contribution in [2.24, 2.45) is 0 Å². The van der Waals surface area contributed by atoms with E-state index in [-0.39, 0.29) is 43.3 Å². The number of carboxylic acid groups (broad SMARTS) is 2. The number of ketones is 1. The van der Waals surface area contributed by atoms with Gasteiger partial charge < -0.3 is 40.4 Å². The predicted molar refractivity (Wildman–Crippen MR) is 187 cm³/mol. The molecule has 0 saturated heterocycles. The van der Waals surface area contributed by atoms with Crippen molar-refractivity contribution in [3.8, 4) is 0 Å². The Morgan fingerprint density at radius 3 is 1.33 bits per heavy atom. The third-order valence-corrected chi connectivity index (χ3v) is 7.99. The van der Waals surface area contributed by atoms with Gasteiger partial charge in [-0.05, 0) is 39.0 Å². The van der Waals surface area contributed by atoms with Crippen LogP contribution in [0.5, 0.6) is 0 Å². The van der Waals surface area contributed by atoms with Crippen molar-refractivity contribution in [2.45, 2.75) is 154 Å². The van der Waals surface area contributed by atoms with Crippen molar-refractivity contribution in [2.75, 3.05) is 39.5 Å². The number of nitrogens with one attached hydrogen (secondary N) is 3. The average molecular weight is 700 g/mol. The molecule has 0 aliphatic rings. The van der Waals surface area contributed by atoms with Crippen molar-refractivity contribution in [3.05, 3.63) is 0 Å². The van der Waals surface area contributed by atoms with Crippen LogP contribution in [0.2, 0.25) is 0 Å². The lowest BCUT2D eigenvalue weighted by Gasteiger charge is -2.13. The van der Waals surface area contributed by atoms with Gasteiger partial charge in [-0.25, -0.2) is 4.79 Å². The number of rotatable bonds is 36. The van der Waals surface area contributed by atoms with Gasteiger partial charge in [0.05, 0.1) is 13.2 Å². The highest BCUT2D eigenvalue weighted by Crippen LogP contribution is 2.14. The van der Waals surface area contributed by atoms with Crippen molar-refractivity contribution < 1.29 is 48.5 Å². The van der Waals surface area contributed by atoms with Crippen molar-refractivity contribution in [1.82, 2.24) is 16.0 Å². The molecule has 0 rings (SSSR count). The van der Waals surface area contributed by atoms with Crippen LogP contribution in [-0.4, -0.2) is 91.2 Å². The normalized spacial score (nSPS) is 11.5. The molecule has 0 aromatic rings. The van der Waals surface area contributed by atoms with E-state index in [1.54, 1.807) is 0 Å². The van der Waals surface area contributed by atoms with Gasteiger partial charge in [-0.2, -0.15) is 0 Å². The van der Waals surface area contributed by atoms with Gasteiger partial charge in [0.25, 0.3) is 0 Å². The molecule has 0 fully saturated rings. The Morgan fingerprint density at radius 1 is 0.490 bits per heavy atom. The highest BCUT2D eigenvalue weighted by Gasteiger charge is 2.20. The fourth-order valence-corrected chi connectivity index (χ4v) is 5.08. The molecule has 0 heterocycles. The molecule has 13 heteroatoms. The minimum Gasteiger partial charge on any atom is -0.481 e. The summed E-state index contributed by atoms with van der Waals surface area (Å²) < 4.78 is 11.0. The van der Waals surface area contributed by atoms with E-state index in [4.69, 9.17) is 19.7 Å². The predicted octanol–water partition coefficient (Wildman–Crippen LogP) is 5.08. The zero-order chi connectivity index (χ0) is 36.4. The van der Waals surface area contributed by atoms with Gasteiger partial charge >= 0.3 is 11.9 Å². The summed E-state index contributed by atoms with van der Waals surface area (Å²) in [7, 11) is 0. The molecule has 0 aromatic carbocycles. The summed E-state index contributed by atoms with van der Waals surface area (Å²) in [6, 6.07) is -1.15. The van der Waals surface area contributed by atoms with Crippen LogP contribution in [0, 0.1) is 0 Å². The minimum absolute atomic E-state index is 0.0127. The largest absolute Gasteiger partial charge is 0.481 e. The van der Waals surface area contributed by atoms with E-state index in [0.29, 0.717) is 58.8 Å². The fourth-order valence-electron chi connectivity index (χ4n) is 5.08. The highest BCUT2D eigenvalue weighted by atomic mass is 16.5. The maximum atomic E-state index is 12.0. The third kappa shape index (κ3) is 34.6. The maximum Gasteiger partial charge on any atom is 0.326 e. The van der Waals surface area contributed by atoms with Gasteiger partial charge in [-0.3, -0.25) is 19.2 Å². The summed E-state index contributed by atoms with van der Waals surface area (Å²) >= 11 is 0. The molecule has 0 spiro atoms. The van der Waals surface area contributed by atoms with Crippen molar-refractivity contribution >= 4 is 35.4 Å². The first-order valence-electron chi connectivity index (χ1n) is 18.5. The number of ether oxygens (including phenoxy) is 2. The van der Waals surface area contributed by atoms with Crippen LogP contribution in [0.4, 0.5) is 0 Å². The lowest BCUT2D eigenvalue weighted by Crippen LogP contribution is -2.41. The second kappa shape index (κ2) is 33.4. The Kier molecular flexibility index (Phi) is 31.3. The molecule has 13 nitrogen and oxygen atoms in total. The summed E-state index contributed by atoms with van der Waals surface area (Å²) in [4.78, 5) is 68.6. The Bertz CT molecular complexity index is 915. The van der Waals surface area contributed by atoms with Crippen LogP contribution >= 0.6 is 0 Å². The molecule has 3 amide bonds. The number of Topliss-reactive ketones (excluding diaryl/α,β-unsaturated/α-hetero) is 1. The van der Waals surface area contributed by atoms with E-state index >= 15 is 0 Å². The topological polar surface area (TPSA) is 197 Å². The van der Waals surface area contributed by atoms with Crippen LogP contribution in [0.15, 0.2) is 0 Å². The number of hydrogen-bond acceptors (Lipinski definition) is 8. The Hall–Kier alpha value is -3.06. The molecule has 0 aliphatic carbocycles. The average Bonchev–Trinajstić information content (AvgIpc) is 3.05. The number of carbonyl (C=O) groups excluding carboxylic acids is 4. The smallest absolute Gasteiger partial charge is 0.326 e. The molecule has 284 valence electrons. The molecule has 0 aliphatic heterocycles. The Balaban J connectivity index is 3.42. The van der Waals surface area contributed by atoms with E-state index in [2.05, 4.69) is 16.0 Å². The van der Waals surface area contributed by atoms with Crippen LogP contribution in [0.3, 0.4) is 0 Å². The van der Waals surface area contributed by atoms with Gasteiger partial charge in [0, 0.05) is 58.4 Å². The SMILES string of the molecule is CC(=O)CC[C@H](NC(=O)CCC(=O)NCCCOCCOCCCNC(=O)CCCCCCCCCCCCCCCCC(=O)O)C(=O)O. The van der Waals surface area contributed by atoms with E-state index in [1.165, 1.54) is 64.7 Å². The van der Waals surface area contributed by atoms with Crippen LogP contribution < -0.4 is 16.0 Å². The van der Waals surface area contributed by atoms with Gasteiger partial charge in [-0.1, -0.05) is 77.0 Å². The summed E-state index contributed by atoms with van der Waals surface area (Å²) in [5.74, 6) is -2.84. The fraction of sp³-hybridized carbons (Fsp3) is 0.833. The summed E-state index contributed by atoms with van der Waals surface area (Å²) in [6.07, 6.45) is 18.3. The molecular weight excluding hydrogens is 634 g/mol. The number of carboxylic acids is 2. The van der Waals surface area contributed by atoms with Crippen LogP contribution in [0.1, 0.15) is 148 Å². The first-order valence-corrected chi connectivity index (χ1v) is 18.5. The summed E-state index contributed by atoms with van der Waals surface area (Å²) in [6.45, 7) is 4.17. The first-order chi connectivity index (χ1) is 23.6. The quantitative estimate of drug-likeness (QED) is 0.0550. The highest BCUT2D eigenvalue weighted by molar-refractivity contribution is 5.87. The summed E-state index contributed by atoms with van der Waals surface area (Å²) in [5.41, 5.74) is 0. The second-order valence-corrected chi connectivity index (χ2v) is 12.7. The number of amides is 3. The molecule has 0 radical (unpaired) electrons. The maximum absolute atomic E-state index is 12.0. The lowest BCUT2D eigenvalue weighted by molar-refractivity contribution is -0.142. The second-order valence-electron chi connectivity index (χ2n) is 12.7. The molecule has 0 bridgehead atoms. The molecule has 0 unspecified atom stereocenters. The van der Waals surface area contributed by atoms with Crippen LogP contribution in [-0.2, 0) is 38.2 Å². The lowest BCUT2D eigenvalue weighted by atomic mass is 10.0. The first kappa shape index (κ1) is 45.9. The number of aliphatic carboxylic acids is 2. The third-order valence-electron chi connectivity index (χ3n) is 7.99. The molecule has 5 N–H and O–H groups in total. The van der Waals surface area contributed by atoms with Gasteiger partial charge in [-0.15, -0.1) is 0 Å². The molecular formula is C36H65N3O10. The van der Waals surface area contributed by atoms with Gasteiger partial charge in [0.2, 0.25) is 17.7 Å². The standard InChI is InChI=1S/C36H65N3O10/c1-30(40)20-21-31(36(46)47)39-34(43)23-22-33(42)38-25-17-27-49-29-28-48-26-16-24-37-32(41)18-14-12-10-8-6-4-2-3-5-7-9-11-13-15-19-35(44)45/h31H,2-29H2,1H3,(H,37,41)(H,38,42)(H,39,43)(H,44,45)(H,46,47)/t31-/m0/s1. The molecule has 1 atom stereocenters. The van der Waals surface area contributed by atoms with E-state index in [0.717, 1.165) is 38.5 Å². The van der Waals surface area contributed by atoms with Crippen LogP contribution in [0.25, 0.3) is 0 Å². The molecule has 0 aromatic heterocycles. The molecule has 0 saturated carbocycles. The number of carbonyl (C=O) groups is 6. The van der Waals surface area contributed by atoms with E-state index < -0.39 is 23.9 Å². The monoisotopic (exact) mass is 699 g/mol.